The zero-order chi connectivity index (χ0) is 19.5. The van der Waals surface area contributed by atoms with Crippen LogP contribution in [0.25, 0.3) is 22.6 Å². The lowest BCUT2D eigenvalue weighted by molar-refractivity contribution is 0.103. The normalized spacial score (nSPS) is 10.6. The van der Waals surface area contributed by atoms with Crippen LogP contribution in [0.3, 0.4) is 0 Å². The van der Waals surface area contributed by atoms with Crippen LogP contribution < -0.4 is 0 Å². The van der Waals surface area contributed by atoms with Gasteiger partial charge in [0.1, 0.15) is 17.3 Å². The van der Waals surface area contributed by atoms with Gasteiger partial charge in [0.05, 0.1) is 22.6 Å². The number of hydrogen-bond donors (Lipinski definition) is 0. The number of carbonyl (C=O) groups excluding carboxylic acids is 1. The van der Waals surface area contributed by atoms with Crippen LogP contribution in [0.5, 0.6) is 0 Å². The van der Waals surface area contributed by atoms with Crippen LogP contribution in [0.1, 0.15) is 16.1 Å². The van der Waals surface area contributed by atoms with Crippen molar-refractivity contribution in [2.45, 2.75) is 0 Å². The van der Waals surface area contributed by atoms with Gasteiger partial charge in [0.15, 0.2) is 0 Å². The quantitative estimate of drug-likeness (QED) is 0.455. The Hall–Kier alpha value is -3.73. The average molecular weight is 372 g/mol. The minimum absolute atomic E-state index is 0.0647. The number of pyridine rings is 2. The molecular formula is C23H14F2N2O. The van der Waals surface area contributed by atoms with E-state index in [1.165, 1.54) is 6.07 Å². The van der Waals surface area contributed by atoms with E-state index < -0.39 is 17.4 Å². The standard InChI is InChI=1S/C23H14F2N2O/c24-16-12-13-17(18(25)14-16)23(28)22-11-5-10-21(27-22)20-9-4-8-19(26-20)15-6-2-1-3-7-15/h1-14H. The van der Waals surface area contributed by atoms with E-state index in [4.69, 9.17) is 0 Å². The highest BCUT2D eigenvalue weighted by molar-refractivity contribution is 6.08. The average Bonchev–Trinajstić information content (AvgIpc) is 2.74. The van der Waals surface area contributed by atoms with Crippen molar-refractivity contribution in [2.75, 3.05) is 0 Å². The molecule has 0 spiro atoms. The molecule has 0 amide bonds. The van der Waals surface area contributed by atoms with E-state index in [1.807, 2.05) is 42.5 Å². The van der Waals surface area contributed by atoms with Crippen molar-refractivity contribution in [3.63, 3.8) is 0 Å². The third kappa shape index (κ3) is 3.55. The Kier molecular flexibility index (Phi) is 4.72. The van der Waals surface area contributed by atoms with E-state index in [0.29, 0.717) is 17.5 Å². The maximum absolute atomic E-state index is 13.9. The molecule has 2 aromatic heterocycles. The number of rotatable bonds is 4. The lowest BCUT2D eigenvalue weighted by atomic mass is 10.1. The summed E-state index contributed by atoms with van der Waals surface area (Å²) in [4.78, 5) is 21.6. The summed E-state index contributed by atoms with van der Waals surface area (Å²) in [7, 11) is 0. The summed E-state index contributed by atoms with van der Waals surface area (Å²) in [6.45, 7) is 0. The highest BCUT2D eigenvalue weighted by Gasteiger charge is 2.17. The Bertz CT molecular complexity index is 1160. The monoisotopic (exact) mass is 372 g/mol. The molecule has 4 aromatic rings. The summed E-state index contributed by atoms with van der Waals surface area (Å²) < 4.78 is 27.1. The van der Waals surface area contributed by atoms with Crippen LogP contribution in [0.2, 0.25) is 0 Å². The molecule has 0 saturated carbocycles. The molecule has 0 aliphatic carbocycles. The number of carbonyl (C=O) groups is 1. The van der Waals surface area contributed by atoms with E-state index in [-0.39, 0.29) is 11.3 Å². The van der Waals surface area contributed by atoms with Gasteiger partial charge in [0.2, 0.25) is 5.78 Å². The number of nitrogens with zero attached hydrogens (tertiary/aromatic N) is 2. The van der Waals surface area contributed by atoms with Crippen LogP contribution in [-0.4, -0.2) is 15.8 Å². The van der Waals surface area contributed by atoms with Crippen molar-refractivity contribution in [2.24, 2.45) is 0 Å². The number of ketones is 1. The van der Waals surface area contributed by atoms with E-state index in [0.717, 1.165) is 23.4 Å². The third-order valence-electron chi connectivity index (χ3n) is 4.24. The van der Waals surface area contributed by atoms with Crippen LogP contribution in [0, 0.1) is 11.6 Å². The molecule has 0 atom stereocenters. The second-order valence-electron chi connectivity index (χ2n) is 6.14. The zero-order valence-electron chi connectivity index (χ0n) is 14.6. The first-order valence-corrected chi connectivity index (χ1v) is 8.61. The zero-order valence-corrected chi connectivity index (χ0v) is 14.6. The predicted octanol–water partition coefficient (Wildman–Crippen LogP) is 5.32. The minimum Gasteiger partial charge on any atom is -0.287 e. The van der Waals surface area contributed by atoms with Gasteiger partial charge < -0.3 is 0 Å². The molecular weight excluding hydrogens is 358 g/mol. The molecule has 2 aromatic carbocycles. The van der Waals surface area contributed by atoms with Crippen molar-refractivity contribution in [3.05, 3.63) is 108 Å². The van der Waals surface area contributed by atoms with Gasteiger partial charge in [-0.1, -0.05) is 42.5 Å². The Labute approximate surface area is 160 Å². The van der Waals surface area contributed by atoms with Crippen molar-refractivity contribution in [3.8, 4) is 22.6 Å². The second kappa shape index (κ2) is 7.48. The Morgan fingerprint density at radius 1 is 0.679 bits per heavy atom. The van der Waals surface area contributed by atoms with Crippen LogP contribution in [-0.2, 0) is 0 Å². The van der Waals surface area contributed by atoms with E-state index >= 15 is 0 Å². The van der Waals surface area contributed by atoms with Crippen molar-refractivity contribution in [1.82, 2.24) is 9.97 Å². The molecule has 136 valence electrons. The fourth-order valence-corrected chi connectivity index (χ4v) is 2.86. The molecule has 2 heterocycles. The molecule has 0 fully saturated rings. The first-order valence-electron chi connectivity index (χ1n) is 8.61. The van der Waals surface area contributed by atoms with Gasteiger partial charge in [0.25, 0.3) is 0 Å². The smallest absolute Gasteiger partial charge is 0.214 e. The molecule has 0 unspecified atom stereocenters. The summed E-state index contributed by atoms with van der Waals surface area (Å²) in [5.74, 6) is -2.27. The molecule has 0 saturated heterocycles. The molecule has 3 nitrogen and oxygen atoms in total. The van der Waals surface area contributed by atoms with Gasteiger partial charge in [0, 0.05) is 11.6 Å². The molecule has 0 aliphatic rings. The number of benzene rings is 2. The van der Waals surface area contributed by atoms with Crippen LogP contribution in [0.4, 0.5) is 8.78 Å². The molecule has 0 radical (unpaired) electrons. The predicted molar refractivity (Wildman–Crippen MR) is 103 cm³/mol. The Morgan fingerprint density at radius 2 is 1.36 bits per heavy atom. The molecule has 5 heteroatoms. The molecule has 0 N–H and O–H groups in total. The molecule has 28 heavy (non-hydrogen) atoms. The Morgan fingerprint density at radius 3 is 2.11 bits per heavy atom. The van der Waals surface area contributed by atoms with Gasteiger partial charge in [-0.3, -0.25) is 4.79 Å². The Balaban J connectivity index is 1.71. The van der Waals surface area contributed by atoms with Crippen molar-refractivity contribution >= 4 is 5.78 Å². The largest absolute Gasteiger partial charge is 0.287 e. The van der Waals surface area contributed by atoms with Gasteiger partial charge in [-0.25, -0.2) is 18.7 Å². The second-order valence-corrected chi connectivity index (χ2v) is 6.14. The van der Waals surface area contributed by atoms with Crippen molar-refractivity contribution in [1.29, 1.82) is 0 Å². The molecule has 4 rings (SSSR count). The molecule has 0 aliphatic heterocycles. The van der Waals surface area contributed by atoms with E-state index in [9.17, 15) is 13.6 Å². The van der Waals surface area contributed by atoms with Crippen molar-refractivity contribution < 1.29 is 13.6 Å². The SMILES string of the molecule is O=C(c1cccc(-c2cccc(-c3ccccc3)n2)n1)c1ccc(F)cc1F. The van der Waals surface area contributed by atoms with Crippen LogP contribution >= 0.6 is 0 Å². The summed E-state index contributed by atoms with van der Waals surface area (Å²) in [6.07, 6.45) is 0. The van der Waals surface area contributed by atoms with Gasteiger partial charge in [-0.2, -0.15) is 0 Å². The fourth-order valence-electron chi connectivity index (χ4n) is 2.86. The maximum atomic E-state index is 13.9. The van der Waals surface area contributed by atoms with E-state index in [2.05, 4.69) is 9.97 Å². The first-order chi connectivity index (χ1) is 13.6. The van der Waals surface area contributed by atoms with Crippen LogP contribution in [0.15, 0.2) is 84.9 Å². The highest BCUT2D eigenvalue weighted by atomic mass is 19.1. The van der Waals surface area contributed by atoms with E-state index in [1.54, 1.807) is 18.2 Å². The molecule has 0 bridgehead atoms. The summed E-state index contributed by atoms with van der Waals surface area (Å²) >= 11 is 0. The fraction of sp³-hybridized carbons (Fsp3) is 0. The summed E-state index contributed by atoms with van der Waals surface area (Å²) in [5.41, 5.74) is 2.67. The van der Waals surface area contributed by atoms with Gasteiger partial charge >= 0.3 is 0 Å². The lowest BCUT2D eigenvalue weighted by Crippen LogP contribution is -2.07. The minimum atomic E-state index is -0.915. The number of halogens is 2. The number of hydrogen-bond acceptors (Lipinski definition) is 3. The highest BCUT2D eigenvalue weighted by Crippen LogP contribution is 2.22. The lowest BCUT2D eigenvalue weighted by Gasteiger charge is -2.07. The topological polar surface area (TPSA) is 42.9 Å². The number of aromatic nitrogens is 2. The van der Waals surface area contributed by atoms with Gasteiger partial charge in [-0.05, 0) is 36.4 Å². The maximum Gasteiger partial charge on any atom is 0.214 e. The third-order valence-corrected chi connectivity index (χ3v) is 4.24. The summed E-state index contributed by atoms with van der Waals surface area (Å²) in [6, 6.07) is 23.0. The first kappa shape index (κ1) is 17.7. The summed E-state index contributed by atoms with van der Waals surface area (Å²) in [5, 5.41) is 0. The van der Waals surface area contributed by atoms with Gasteiger partial charge in [-0.15, -0.1) is 0 Å².